The SMILES string of the molecule is CC1CCCC(NC(=O)C(=O)N2CCNCC2)C1. The summed E-state index contributed by atoms with van der Waals surface area (Å²) >= 11 is 0. The summed E-state index contributed by atoms with van der Waals surface area (Å²) in [5.41, 5.74) is 0. The first kappa shape index (κ1) is 13.3. The number of nitrogens with one attached hydrogen (secondary N) is 2. The molecule has 102 valence electrons. The Morgan fingerprint density at radius 1 is 1.22 bits per heavy atom. The van der Waals surface area contributed by atoms with E-state index in [9.17, 15) is 9.59 Å². The van der Waals surface area contributed by atoms with Gasteiger partial charge in [-0.2, -0.15) is 0 Å². The Morgan fingerprint density at radius 3 is 2.61 bits per heavy atom. The second-order valence-corrected chi connectivity index (χ2v) is 5.48. The van der Waals surface area contributed by atoms with Gasteiger partial charge in [0.25, 0.3) is 0 Å². The summed E-state index contributed by atoms with van der Waals surface area (Å²) in [5, 5.41) is 6.07. The molecule has 0 aromatic rings. The highest BCUT2D eigenvalue weighted by Gasteiger charge is 2.27. The average molecular weight is 253 g/mol. The first-order valence-corrected chi connectivity index (χ1v) is 6.97. The normalized spacial score (nSPS) is 28.8. The molecule has 2 atom stereocenters. The van der Waals surface area contributed by atoms with E-state index in [4.69, 9.17) is 0 Å². The minimum atomic E-state index is -0.420. The zero-order valence-corrected chi connectivity index (χ0v) is 11.1. The van der Waals surface area contributed by atoms with Crippen molar-refractivity contribution < 1.29 is 9.59 Å². The van der Waals surface area contributed by atoms with Gasteiger partial charge in [-0.1, -0.05) is 19.8 Å². The smallest absolute Gasteiger partial charge is 0.311 e. The summed E-state index contributed by atoms with van der Waals surface area (Å²) < 4.78 is 0. The lowest BCUT2D eigenvalue weighted by Crippen LogP contribution is -2.53. The summed E-state index contributed by atoms with van der Waals surface area (Å²) in [5.74, 6) is -0.135. The van der Waals surface area contributed by atoms with Crippen molar-refractivity contribution in [3.05, 3.63) is 0 Å². The Bertz CT molecular complexity index is 313. The van der Waals surface area contributed by atoms with E-state index in [2.05, 4.69) is 17.6 Å². The van der Waals surface area contributed by atoms with Gasteiger partial charge in [-0.05, 0) is 18.8 Å². The van der Waals surface area contributed by atoms with Gasteiger partial charge in [0.05, 0.1) is 0 Å². The van der Waals surface area contributed by atoms with Crippen LogP contribution >= 0.6 is 0 Å². The fourth-order valence-corrected chi connectivity index (χ4v) is 2.82. The second kappa shape index (κ2) is 6.18. The number of hydrogen-bond donors (Lipinski definition) is 2. The van der Waals surface area contributed by atoms with E-state index in [-0.39, 0.29) is 11.9 Å². The first-order valence-electron chi connectivity index (χ1n) is 6.97. The Balaban J connectivity index is 1.81. The van der Waals surface area contributed by atoms with Crippen LogP contribution in [0.2, 0.25) is 0 Å². The molecule has 0 aromatic carbocycles. The van der Waals surface area contributed by atoms with E-state index < -0.39 is 5.91 Å². The lowest BCUT2D eigenvalue weighted by atomic mass is 9.87. The van der Waals surface area contributed by atoms with Crippen LogP contribution in [-0.4, -0.2) is 48.9 Å². The first-order chi connectivity index (χ1) is 8.66. The second-order valence-electron chi connectivity index (χ2n) is 5.48. The maximum Gasteiger partial charge on any atom is 0.311 e. The van der Waals surface area contributed by atoms with Crippen LogP contribution in [0.4, 0.5) is 0 Å². The third-order valence-electron chi connectivity index (χ3n) is 3.87. The molecule has 2 rings (SSSR count). The molecule has 1 aliphatic heterocycles. The van der Waals surface area contributed by atoms with Crippen LogP contribution in [0, 0.1) is 5.92 Å². The monoisotopic (exact) mass is 253 g/mol. The van der Waals surface area contributed by atoms with Crippen LogP contribution in [0.5, 0.6) is 0 Å². The van der Waals surface area contributed by atoms with Gasteiger partial charge in [-0.15, -0.1) is 0 Å². The lowest BCUT2D eigenvalue weighted by Gasteiger charge is -2.30. The van der Waals surface area contributed by atoms with Gasteiger partial charge in [-0.25, -0.2) is 0 Å². The van der Waals surface area contributed by atoms with Gasteiger partial charge in [-0.3, -0.25) is 9.59 Å². The molecule has 1 aliphatic carbocycles. The Kier molecular flexibility index (Phi) is 4.58. The van der Waals surface area contributed by atoms with Crippen molar-refractivity contribution in [2.75, 3.05) is 26.2 Å². The standard InChI is InChI=1S/C13H23N3O2/c1-10-3-2-4-11(9-10)15-12(17)13(18)16-7-5-14-6-8-16/h10-11,14H,2-9H2,1H3,(H,15,17). The van der Waals surface area contributed by atoms with Crippen molar-refractivity contribution >= 4 is 11.8 Å². The predicted octanol–water partition coefficient (Wildman–Crippen LogP) is 0.113. The van der Waals surface area contributed by atoms with Gasteiger partial charge in [0, 0.05) is 32.2 Å². The number of carbonyl (C=O) groups is 2. The van der Waals surface area contributed by atoms with E-state index in [1.54, 1.807) is 4.90 Å². The predicted molar refractivity (Wildman–Crippen MR) is 69.0 cm³/mol. The number of piperazine rings is 1. The minimum Gasteiger partial charge on any atom is -0.345 e. The van der Waals surface area contributed by atoms with E-state index in [1.165, 1.54) is 6.42 Å². The summed E-state index contributed by atoms with van der Waals surface area (Å²) in [7, 11) is 0. The van der Waals surface area contributed by atoms with Crippen molar-refractivity contribution in [2.45, 2.75) is 38.6 Å². The van der Waals surface area contributed by atoms with Crippen LogP contribution < -0.4 is 10.6 Å². The van der Waals surface area contributed by atoms with E-state index in [0.29, 0.717) is 19.0 Å². The number of nitrogens with zero attached hydrogens (tertiary/aromatic N) is 1. The molecule has 1 saturated heterocycles. The molecule has 0 bridgehead atoms. The van der Waals surface area contributed by atoms with Crippen molar-refractivity contribution in [3.8, 4) is 0 Å². The summed E-state index contributed by atoms with van der Waals surface area (Å²) in [4.78, 5) is 25.5. The van der Waals surface area contributed by atoms with Gasteiger partial charge in [0.1, 0.15) is 0 Å². The topological polar surface area (TPSA) is 61.4 Å². The molecule has 0 radical (unpaired) electrons. The Labute approximate surface area is 108 Å². The van der Waals surface area contributed by atoms with Crippen LogP contribution in [-0.2, 0) is 9.59 Å². The van der Waals surface area contributed by atoms with Gasteiger partial charge >= 0.3 is 11.8 Å². The van der Waals surface area contributed by atoms with Crippen molar-refractivity contribution in [1.29, 1.82) is 0 Å². The summed E-state index contributed by atoms with van der Waals surface area (Å²) in [6.07, 6.45) is 4.39. The fraction of sp³-hybridized carbons (Fsp3) is 0.846. The summed E-state index contributed by atoms with van der Waals surface area (Å²) in [6.45, 7) is 5.02. The molecule has 5 nitrogen and oxygen atoms in total. The maximum atomic E-state index is 11.9. The number of amides is 2. The molecule has 0 aromatic heterocycles. The third kappa shape index (κ3) is 3.45. The Hall–Kier alpha value is -1.10. The van der Waals surface area contributed by atoms with E-state index >= 15 is 0 Å². The molecule has 5 heteroatoms. The average Bonchev–Trinajstić information content (AvgIpc) is 2.39. The van der Waals surface area contributed by atoms with Crippen LogP contribution in [0.3, 0.4) is 0 Å². The van der Waals surface area contributed by atoms with Crippen molar-refractivity contribution in [2.24, 2.45) is 5.92 Å². The van der Waals surface area contributed by atoms with E-state index in [0.717, 1.165) is 32.4 Å². The molecule has 1 heterocycles. The fourth-order valence-electron chi connectivity index (χ4n) is 2.82. The van der Waals surface area contributed by atoms with Crippen LogP contribution in [0.25, 0.3) is 0 Å². The molecular weight excluding hydrogens is 230 g/mol. The molecule has 2 unspecified atom stereocenters. The molecule has 2 N–H and O–H groups in total. The number of rotatable bonds is 1. The zero-order chi connectivity index (χ0) is 13.0. The zero-order valence-electron chi connectivity index (χ0n) is 11.1. The van der Waals surface area contributed by atoms with Crippen molar-refractivity contribution in [1.82, 2.24) is 15.5 Å². The van der Waals surface area contributed by atoms with Crippen LogP contribution in [0.15, 0.2) is 0 Å². The number of hydrogen-bond acceptors (Lipinski definition) is 3. The largest absolute Gasteiger partial charge is 0.345 e. The minimum absolute atomic E-state index is 0.188. The van der Waals surface area contributed by atoms with Gasteiger partial charge in [0.15, 0.2) is 0 Å². The molecule has 0 spiro atoms. The molecule has 2 aliphatic rings. The molecule has 2 amide bonds. The molecular formula is C13H23N3O2. The molecule has 18 heavy (non-hydrogen) atoms. The quantitative estimate of drug-likeness (QED) is 0.652. The lowest BCUT2D eigenvalue weighted by molar-refractivity contribution is -0.146. The van der Waals surface area contributed by atoms with Crippen LogP contribution in [0.1, 0.15) is 32.6 Å². The van der Waals surface area contributed by atoms with E-state index in [1.807, 2.05) is 0 Å². The molecule has 1 saturated carbocycles. The molecule has 2 fully saturated rings. The highest BCUT2D eigenvalue weighted by molar-refractivity contribution is 6.35. The Morgan fingerprint density at radius 2 is 1.94 bits per heavy atom. The third-order valence-corrected chi connectivity index (χ3v) is 3.87. The number of carbonyl (C=O) groups excluding carboxylic acids is 2. The van der Waals surface area contributed by atoms with Gasteiger partial charge < -0.3 is 15.5 Å². The van der Waals surface area contributed by atoms with Crippen molar-refractivity contribution in [3.63, 3.8) is 0 Å². The highest BCUT2D eigenvalue weighted by Crippen LogP contribution is 2.23. The van der Waals surface area contributed by atoms with Gasteiger partial charge in [0.2, 0.25) is 0 Å². The highest BCUT2D eigenvalue weighted by atomic mass is 16.2. The summed E-state index contributed by atoms with van der Waals surface area (Å²) in [6, 6.07) is 0.188. The maximum absolute atomic E-state index is 11.9.